The first kappa shape index (κ1) is 43.7. The molecule has 0 aromatic heterocycles. The third-order valence-corrected chi connectivity index (χ3v) is 13.7. The molecule has 17 nitrogen and oxygen atoms in total. The van der Waals surface area contributed by atoms with Crippen LogP contribution < -0.4 is 0 Å². The molecule has 5 fully saturated rings. The van der Waals surface area contributed by atoms with E-state index in [9.17, 15) is 66.1 Å². The van der Waals surface area contributed by atoms with Crippen molar-refractivity contribution < 1.29 is 85.0 Å². The molecule has 17 unspecified atom stereocenters. The Morgan fingerprint density at radius 1 is 0.815 bits per heavy atom. The van der Waals surface area contributed by atoms with Crippen LogP contribution in [0.1, 0.15) is 71.6 Å². The highest BCUT2D eigenvalue weighted by atomic mass is 16.7. The van der Waals surface area contributed by atoms with Crippen molar-refractivity contribution in [2.24, 2.45) is 34.5 Å². The maximum atomic E-state index is 12.6. The first-order valence-corrected chi connectivity index (χ1v) is 19.2. The van der Waals surface area contributed by atoms with E-state index in [0.29, 0.717) is 25.7 Å². The monoisotopic (exact) mass is 778 g/mol. The van der Waals surface area contributed by atoms with Crippen LogP contribution in [0.3, 0.4) is 0 Å². The van der Waals surface area contributed by atoms with E-state index >= 15 is 0 Å². The van der Waals surface area contributed by atoms with Gasteiger partial charge in [0.25, 0.3) is 0 Å². The minimum absolute atomic E-state index is 0.0176. The fourth-order valence-corrected chi connectivity index (χ4v) is 10.5. The van der Waals surface area contributed by atoms with Crippen LogP contribution in [0.2, 0.25) is 0 Å². The molecular weight excluding hydrogens is 716 g/mol. The summed E-state index contributed by atoms with van der Waals surface area (Å²) in [7, 11) is 0. The van der Waals surface area contributed by atoms with E-state index < -0.39 is 117 Å². The highest BCUT2D eigenvalue weighted by Gasteiger charge is 2.59. The molecule has 2 aliphatic heterocycles. The highest BCUT2D eigenvalue weighted by molar-refractivity contribution is 5.75. The lowest BCUT2D eigenvalue weighted by Crippen LogP contribution is -2.63. The minimum atomic E-state index is -1.99. The Bertz CT molecular complexity index is 1270. The van der Waals surface area contributed by atoms with Gasteiger partial charge in [-0.3, -0.25) is 4.79 Å². The summed E-state index contributed by atoms with van der Waals surface area (Å²) in [6.45, 7) is 5.98. The number of hydrogen-bond acceptors (Lipinski definition) is 16. The molecule has 0 amide bonds. The Labute approximate surface area is 314 Å². The van der Waals surface area contributed by atoms with Crippen LogP contribution in [0.15, 0.2) is 12.2 Å². The number of carbonyl (C=O) groups is 1. The Morgan fingerprint density at radius 3 is 1.93 bits per heavy atom. The molecule has 0 aromatic rings. The fourth-order valence-electron chi connectivity index (χ4n) is 10.5. The lowest BCUT2D eigenvalue weighted by molar-refractivity contribution is -0.350. The molecule has 0 spiro atoms. The topological polar surface area (TPSA) is 297 Å². The van der Waals surface area contributed by atoms with Crippen molar-refractivity contribution in [2.75, 3.05) is 19.8 Å². The SMILES string of the molecule is C=C1CC2CCC3[C@](C)(C(=O)O)CCC[C@@]3(C)[C@@H]2CCC1CC(OC1OC(CO)C(O)C(O)C1O)C(OC1OC(CO)C(O)C(O)C1O)C(O)C(O)CO. The number of fused-ring (bicyclic) bond motifs is 3. The van der Waals surface area contributed by atoms with Gasteiger partial charge in [0.1, 0.15) is 67.1 Å². The average Bonchev–Trinajstić information content (AvgIpc) is 3.30. The zero-order valence-corrected chi connectivity index (χ0v) is 31.0. The summed E-state index contributed by atoms with van der Waals surface area (Å²) in [5, 5.41) is 126. The summed E-state index contributed by atoms with van der Waals surface area (Å²) in [6.07, 6.45) is -18.7. The molecule has 0 radical (unpaired) electrons. The third kappa shape index (κ3) is 8.29. The number of rotatable bonds is 13. The number of aliphatic hydroxyl groups excluding tert-OH is 11. The number of carboxylic acids is 1. The van der Waals surface area contributed by atoms with Gasteiger partial charge in [0.05, 0.1) is 31.3 Å². The van der Waals surface area contributed by atoms with Gasteiger partial charge in [-0.15, -0.1) is 0 Å². The largest absolute Gasteiger partial charge is 0.481 e. The third-order valence-electron chi connectivity index (χ3n) is 13.7. The van der Waals surface area contributed by atoms with E-state index in [1.54, 1.807) is 0 Å². The van der Waals surface area contributed by atoms with Crippen molar-refractivity contribution in [3.63, 3.8) is 0 Å². The van der Waals surface area contributed by atoms with Crippen LogP contribution in [0.25, 0.3) is 0 Å². The second-order valence-electron chi connectivity index (χ2n) is 16.9. The second kappa shape index (κ2) is 17.6. The van der Waals surface area contributed by atoms with Crippen molar-refractivity contribution in [3.8, 4) is 0 Å². The first-order valence-electron chi connectivity index (χ1n) is 19.2. The van der Waals surface area contributed by atoms with Crippen molar-refractivity contribution in [1.29, 1.82) is 0 Å². The lowest BCUT2D eigenvalue weighted by atomic mass is 9.45. The summed E-state index contributed by atoms with van der Waals surface area (Å²) < 4.78 is 23.5. The predicted octanol–water partition coefficient (Wildman–Crippen LogP) is -2.26. The zero-order chi connectivity index (χ0) is 39.9. The molecule has 3 aliphatic carbocycles. The highest BCUT2D eigenvalue weighted by Crippen LogP contribution is 2.64. The molecule has 312 valence electrons. The summed E-state index contributed by atoms with van der Waals surface area (Å²) in [5.41, 5.74) is -0.261. The average molecular weight is 779 g/mol. The van der Waals surface area contributed by atoms with E-state index in [2.05, 4.69) is 13.5 Å². The fraction of sp³-hybridized carbons (Fsp3) is 0.919. The molecule has 5 rings (SSSR count). The van der Waals surface area contributed by atoms with E-state index in [1.807, 2.05) is 6.92 Å². The molecule has 17 heteroatoms. The van der Waals surface area contributed by atoms with Crippen LogP contribution >= 0.6 is 0 Å². The zero-order valence-electron chi connectivity index (χ0n) is 31.0. The Morgan fingerprint density at radius 2 is 1.39 bits per heavy atom. The summed E-state index contributed by atoms with van der Waals surface area (Å²) >= 11 is 0. The van der Waals surface area contributed by atoms with Gasteiger partial charge in [-0.25, -0.2) is 0 Å². The van der Waals surface area contributed by atoms with Gasteiger partial charge in [0, 0.05) is 0 Å². The molecule has 12 N–H and O–H groups in total. The normalized spacial score (nSPS) is 46.7. The summed E-state index contributed by atoms with van der Waals surface area (Å²) in [6, 6.07) is 0. The van der Waals surface area contributed by atoms with Gasteiger partial charge in [-0.05, 0) is 87.4 Å². The first-order chi connectivity index (χ1) is 25.4. The molecule has 5 aliphatic rings. The van der Waals surface area contributed by atoms with Crippen molar-refractivity contribution in [1.82, 2.24) is 0 Å². The van der Waals surface area contributed by atoms with Gasteiger partial charge in [-0.2, -0.15) is 0 Å². The molecule has 20 atom stereocenters. The van der Waals surface area contributed by atoms with Gasteiger partial charge < -0.3 is 80.2 Å². The Kier molecular flexibility index (Phi) is 14.3. The van der Waals surface area contributed by atoms with Crippen LogP contribution in [-0.2, 0) is 23.7 Å². The Hall–Kier alpha value is -1.39. The van der Waals surface area contributed by atoms with Gasteiger partial charge in [0.15, 0.2) is 12.6 Å². The van der Waals surface area contributed by atoms with Crippen molar-refractivity contribution in [3.05, 3.63) is 12.2 Å². The van der Waals surface area contributed by atoms with Crippen LogP contribution in [0.4, 0.5) is 0 Å². The number of allylic oxidation sites excluding steroid dienone is 1. The van der Waals surface area contributed by atoms with E-state index in [1.165, 1.54) is 0 Å². The maximum Gasteiger partial charge on any atom is 0.309 e. The van der Waals surface area contributed by atoms with Gasteiger partial charge in [-0.1, -0.05) is 25.5 Å². The van der Waals surface area contributed by atoms with E-state index in [4.69, 9.17) is 18.9 Å². The van der Waals surface area contributed by atoms with Crippen LogP contribution in [0, 0.1) is 34.5 Å². The van der Waals surface area contributed by atoms with E-state index in [0.717, 1.165) is 31.3 Å². The van der Waals surface area contributed by atoms with E-state index in [-0.39, 0.29) is 35.5 Å². The quantitative estimate of drug-likeness (QED) is 0.0879. The minimum Gasteiger partial charge on any atom is -0.481 e. The molecule has 2 heterocycles. The van der Waals surface area contributed by atoms with Crippen LogP contribution in [0.5, 0.6) is 0 Å². The summed E-state index contributed by atoms with van der Waals surface area (Å²) in [4.78, 5) is 12.6. The smallest absolute Gasteiger partial charge is 0.309 e. The number of ether oxygens (including phenoxy) is 4. The molecule has 2 saturated heterocycles. The molecule has 3 saturated carbocycles. The lowest BCUT2D eigenvalue weighted by Gasteiger charge is -2.58. The summed E-state index contributed by atoms with van der Waals surface area (Å²) in [5.74, 6) is -0.787. The van der Waals surface area contributed by atoms with Gasteiger partial charge >= 0.3 is 5.97 Å². The van der Waals surface area contributed by atoms with Crippen molar-refractivity contribution >= 4 is 5.97 Å². The standard InChI is InChI=1S/C37H62O17/c1-16-11-18-6-8-24-36(2,9-4-10-37(24,3)35(49)50)19(18)7-5-17(16)12-21(51-33-30(47)28(45)26(43)22(14-39)52-33)32(25(42)20(41)13-38)54-34-31(48)29(46)27(44)23(15-40)53-34/h17-34,38-48H,1,4-15H2,2-3H3,(H,49,50)/t17?,18?,19-,20?,21?,22?,23?,24?,25?,26?,27?,28?,29?,30?,31?,32?,33?,34?,36+,37-/m1/s1. The molecular formula is C37H62O17. The van der Waals surface area contributed by atoms with Crippen molar-refractivity contribution in [2.45, 2.75) is 157 Å². The number of carboxylic acid groups (broad SMARTS) is 1. The molecule has 0 bridgehead atoms. The predicted molar refractivity (Wildman–Crippen MR) is 185 cm³/mol. The Balaban J connectivity index is 1.48. The second-order valence-corrected chi connectivity index (χ2v) is 16.9. The number of aliphatic carboxylic acids is 1. The molecule has 0 aromatic carbocycles. The van der Waals surface area contributed by atoms with Gasteiger partial charge in [0.2, 0.25) is 0 Å². The molecule has 54 heavy (non-hydrogen) atoms. The maximum absolute atomic E-state index is 12.6. The number of aliphatic hydroxyl groups is 11. The van der Waals surface area contributed by atoms with Crippen LogP contribution in [-0.4, -0.2) is 173 Å². The number of hydrogen-bond donors (Lipinski definition) is 12.